The summed E-state index contributed by atoms with van der Waals surface area (Å²) in [5.74, 6) is -0.845. The molecule has 0 amide bonds. The maximum Gasteiger partial charge on any atom is 0.361 e. The summed E-state index contributed by atoms with van der Waals surface area (Å²) in [7, 11) is 0. The molecule has 21 heavy (non-hydrogen) atoms. The van der Waals surface area contributed by atoms with Gasteiger partial charge in [0.15, 0.2) is 5.69 Å². The summed E-state index contributed by atoms with van der Waals surface area (Å²) < 4.78 is 32.0. The molecule has 120 valence electrons. The molecule has 5 nitrogen and oxygen atoms in total. The van der Waals surface area contributed by atoms with Gasteiger partial charge in [-0.2, -0.15) is 0 Å². The van der Waals surface area contributed by atoms with Crippen molar-refractivity contribution in [2.24, 2.45) is 0 Å². The lowest BCUT2D eigenvalue weighted by Gasteiger charge is -2.07. The Morgan fingerprint density at radius 1 is 1.19 bits per heavy atom. The quantitative estimate of drug-likeness (QED) is 0.488. The molecule has 0 radical (unpaired) electrons. The van der Waals surface area contributed by atoms with Crippen molar-refractivity contribution >= 4 is 5.97 Å². The van der Waals surface area contributed by atoms with Crippen LogP contribution in [0, 0.1) is 0 Å². The monoisotopic (exact) mass is 303 g/mol. The fourth-order valence-corrected chi connectivity index (χ4v) is 2.09. The van der Waals surface area contributed by atoms with Gasteiger partial charge < -0.3 is 4.74 Å². The molecular weight excluding hydrogens is 280 g/mol. The molecule has 0 saturated heterocycles. The maximum atomic E-state index is 13.1. The van der Waals surface area contributed by atoms with Gasteiger partial charge in [-0.1, -0.05) is 44.2 Å². The van der Waals surface area contributed by atoms with E-state index in [0.29, 0.717) is 6.54 Å². The molecule has 0 unspecified atom stereocenters. The molecule has 0 atom stereocenters. The van der Waals surface area contributed by atoms with Crippen LogP contribution in [-0.4, -0.2) is 27.6 Å². The molecule has 1 aromatic heterocycles. The molecule has 0 saturated carbocycles. The zero-order valence-corrected chi connectivity index (χ0v) is 12.6. The fourth-order valence-electron chi connectivity index (χ4n) is 2.09. The molecule has 0 fully saturated rings. The average Bonchev–Trinajstić information content (AvgIpc) is 2.87. The van der Waals surface area contributed by atoms with E-state index in [9.17, 15) is 13.6 Å². The van der Waals surface area contributed by atoms with Crippen molar-refractivity contribution in [2.45, 2.75) is 65.3 Å². The number of hydrogen-bond acceptors (Lipinski definition) is 4. The lowest BCUT2D eigenvalue weighted by Crippen LogP contribution is -2.11. The van der Waals surface area contributed by atoms with Crippen LogP contribution in [-0.2, 0) is 11.3 Å². The summed E-state index contributed by atoms with van der Waals surface area (Å²) in [4.78, 5) is 11.6. The first-order chi connectivity index (χ1) is 10.1. The van der Waals surface area contributed by atoms with E-state index in [1.807, 2.05) is 0 Å². The van der Waals surface area contributed by atoms with Crippen LogP contribution >= 0.6 is 0 Å². The second-order valence-corrected chi connectivity index (χ2v) is 4.84. The van der Waals surface area contributed by atoms with Gasteiger partial charge in [0.05, 0.1) is 6.61 Å². The Morgan fingerprint density at radius 2 is 1.86 bits per heavy atom. The summed E-state index contributed by atoms with van der Waals surface area (Å²) in [5, 5.41) is 7.20. The van der Waals surface area contributed by atoms with E-state index in [4.69, 9.17) is 4.74 Å². The summed E-state index contributed by atoms with van der Waals surface area (Å²) in [6, 6.07) is 0. The van der Waals surface area contributed by atoms with Gasteiger partial charge in [-0.15, -0.1) is 5.10 Å². The molecular formula is C14H23F2N3O2. The number of nitrogens with zero attached hydrogens (tertiary/aromatic N) is 3. The van der Waals surface area contributed by atoms with Crippen LogP contribution < -0.4 is 0 Å². The third-order valence-corrected chi connectivity index (χ3v) is 3.17. The van der Waals surface area contributed by atoms with E-state index in [-0.39, 0.29) is 12.3 Å². The van der Waals surface area contributed by atoms with Crippen LogP contribution in [0.15, 0.2) is 0 Å². The molecule has 0 bridgehead atoms. The number of rotatable bonds is 10. The van der Waals surface area contributed by atoms with Gasteiger partial charge in [-0.05, 0) is 13.3 Å². The lowest BCUT2D eigenvalue weighted by molar-refractivity contribution is 0.0506. The first-order valence-corrected chi connectivity index (χ1v) is 7.50. The highest BCUT2D eigenvalue weighted by Crippen LogP contribution is 2.22. The van der Waals surface area contributed by atoms with Gasteiger partial charge in [0.2, 0.25) is 0 Å². The van der Waals surface area contributed by atoms with Gasteiger partial charge in [-0.3, -0.25) is 0 Å². The maximum absolute atomic E-state index is 13.1. The zero-order chi connectivity index (χ0) is 15.7. The number of unbranched alkanes of at least 4 members (excludes halogenated alkanes) is 5. The summed E-state index contributed by atoms with van der Waals surface area (Å²) in [5.41, 5.74) is -0.820. The molecule has 7 heteroatoms. The average molecular weight is 303 g/mol. The highest BCUT2D eigenvalue weighted by atomic mass is 19.3. The predicted octanol–water partition coefficient (Wildman–Crippen LogP) is 3.75. The number of halogens is 2. The molecule has 1 heterocycles. The van der Waals surface area contributed by atoms with E-state index in [1.165, 1.54) is 12.8 Å². The van der Waals surface area contributed by atoms with Crippen LogP contribution in [0.2, 0.25) is 0 Å². The van der Waals surface area contributed by atoms with E-state index < -0.39 is 18.1 Å². The standard InChI is InChI=1S/C14H23F2N3O2/c1-3-5-6-7-8-9-10-19-12(13(15)16)11(17-18-19)14(20)21-4-2/h13H,3-10H2,1-2H3. The Bertz CT molecular complexity index is 436. The number of carbonyl (C=O) groups is 1. The topological polar surface area (TPSA) is 57.0 Å². The molecule has 0 aromatic carbocycles. The smallest absolute Gasteiger partial charge is 0.361 e. The highest BCUT2D eigenvalue weighted by Gasteiger charge is 2.27. The Balaban J connectivity index is 2.59. The van der Waals surface area contributed by atoms with E-state index in [2.05, 4.69) is 17.2 Å². The number of esters is 1. The normalized spacial score (nSPS) is 11.1. The first kappa shape index (κ1) is 17.5. The molecule has 0 spiro atoms. The predicted molar refractivity (Wildman–Crippen MR) is 74.3 cm³/mol. The van der Waals surface area contributed by atoms with Gasteiger partial charge in [0.25, 0.3) is 6.43 Å². The van der Waals surface area contributed by atoms with Crippen molar-refractivity contribution in [1.29, 1.82) is 0 Å². The minimum atomic E-state index is -2.79. The lowest BCUT2D eigenvalue weighted by atomic mass is 10.1. The minimum Gasteiger partial charge on any atom is -0.461 e. The number of hydrogen-bond donors (Lipinski definition) is 0. The molecule has 0 N–H and O–H groups in total. The second-order valence-electron chi connectivity index (χ2n) is 4.84. The Kier molecular flexibility index (Phi) is 7.85. The van der Waals surface area contributed by atoms with Crippen molar-refractivity contribution in [2.75, 3.05) is 6.61 Å². The van der Waals surface area contributed by atoms with Gasteiger partial charge in [-0.25, -0.2) is 18.3 Å². The minimum absolute atomic E-state index is 0.117. The third kappa shape index (κ3) is 5.40. The fraction of sp³-hybridized carbons (Fsp3) is 0.786. The Labute approximate surface area is 123 Å². The molecule has 0 aliphatic carbocycles. The number of aromatic nitrogens is 3. The van der Waals surface area contributed by atoms with E-state index in [0.717, 1.165) is 30.4 Å². The van der Waals surface area contributed by atoms with Crippen LogP contribution in [0.1, 0.15) is 75.0 Å². The second kappa shape index (κ2) is 9.41. The van der Waals surface area contributed by atoms with Crippen LogP contribution in [0.25, 0.3) is 0 Å². The Morgan fingerprint density at radius 3 is 2.48 bits per heavy atom. The summed E-state index contributed by atoms with van der Waals surface area (Å²) in [6.07, 6.45) is 3.51. The summed E-state index contributed by atoms with van der Waals surface area (Å²) >= 11 is 0. The number of alkyl halides is 2. The van der Waals surface area contributed by atoms with Crippen LogP contribution in [0.4, 0.5) is 8.78 Å². The van der Waals surface area contributed by atoms with Crippen LogP contribution in [0.5, 0.6) is 0 Å². The zero-order valence-electron chi connectivity index (χ0n) is 12.6. The summed E-state index contributed by atoms with van der Waals surface area (Å²) in [6.45, 7) is 4.21. The molecule has 0 aliphatic heterocycles. The number of aryl methyl sites for hydroxylation is 1. The van der Waals surface area contributed by atoms with Crippen molar-refractivity contribution in [3.05, 3.63) is 11.4 Å². The molecule has 0 aliphatic rings. The largest absolute Gasteiger partial charge is 0.461 e. The number of ether oxygens (including phenoxy) is 1. The van der Waals surface area contributed by atoms with Crippen LogP contribution in [0.3, 0.4) is 0 Å². The van der Waals surface area contributed by atoms with Crippen molar-refractivity contribution in [3.63, 3.8) is 0 Å². The van der Waals surface area contributed by atoms with Crippen molar-refractivity contribution in [3.8, 4) is 0 Å². The number of carbonyl (C=O) groups excluding carboxylic acids is 1. The van der Waals surface area contributed by atoms with Gasteiger partial charge in [0.1, 0.15) is 5.69 Å². The Hall–Kier alpha value is -1.53. The highest BCUT2D eigenvalue weighted by molar-refractivity contribution is 5.88. The van der Waals surface area contributed by atoms with E-state index >= 15 is 0 Å². The van der Waals surface area contributed by atoms with Crippen molar-refractivity contribution < 1.29 is 18.3 Å². The third-order valence-electron chi connectivity index (χ3n) is 3.17. The first-order valence-electron chi connectivity index (χ1n) is 7.50. The van der Waals surface area contributed by atoms with E-state index in [1.54, 1.807) is 6.92 Å². The molecule has 1 aromatic rings. The SMILES string of the molecule is CCCCCCCCn1nnc(C(=O)OCC)c1C(F)F. The molecule has 1 rings (SSSR count). The van der Waals surface area contributed by atoms with Crippen molar-refractivity contribution in [1.82, 2.24) is 15.0 Å². The van der Waals surface area contributed by atoms with Gasteiger partial charge >= 0.3 is 5.97 Å². The van der Waals surface area contributed by atoms with Gasteiger partial charge in [0, 0.05) is 6.54 Å².